The molecule has 4 rings (SSSR count). The van der Waals surface area contributed by atoms with Crippen molar-refractivity contribution in [2.75, 3.05) is 19.6 Å². The number of benzene rings is 2. The lowest BCUT2D eigenvalue weighted by Crippen LogP contribution is -2.39. The van der Waals surface area contributed by atoms with Crippen LogP contribution in [0.3, 0.4) is 0 Å². The fourth-order valence-electron chi connectivity index (χ4n) is 3.86. The first-order valence-corrected chi connectivity index (χ1v) is 9.90. The second-order valence-corrected chi connectivity index (χ2v) is 7.58. The number of likely N-dealkylation sites (tertiary alicyclic amines) is 1. The molecule has 0 bridgehead atoms. The van der Waals surface area contributed by atoms with Crippen molar-refractivity contribution < 1.29 is 13.6 Å². The number of carbonyl (C=O) groups excluding carboxylic acids is 1. The third-order valence-electron chi connectivity index (χ3n) is 5.47. The summed E-state index contributed by atoms with van der Waals surface area (Å²) < 4.78 is 19.8. The molecule has 0 aliphatic carbocycles. The Hall–Kier alpha value is -2.93. The molecule has 1 aliphatic heterocycles. The van der Waals surface area contributed by atoms with Crippen LogP contribution in [0.1, 0.15) is 18.4 Å². The van der Waals surface area contributed by atoms with Crippen LogP contribution in [-0.2, 0) is 17.9 Å². The molecule has 0 radical (unpaired) electrons. The van der Waals surface area contributed by atoms with Gasteiger partial charge in [-0.3, -0.25) is 14.3 Å². The molecule has 0 unspecified atom stereocenters. The van der Waals surface area contributed by atoms with E-state index in [9.17, 15) is 14.0 Å². The Morgan fingerprint density at radius 1 is 1.14 bits per heavy atom. The van der Waals surface area contributed by atoms with E-state index >= 15 is 0 Å². The lowest BCUT2D eigenvalue weighted by Gasteiger charge is -2.32. The molecular weight excluding hydrogens is 373 g/mol. The highest BCUT2D eigenvalue weighted by molar-refractivity contribution is 5.79. The summed E-state index contributed by atoms with van der Waals surface area (Å²) in [6, 6.07) is 13.8. The van der Waals surface area contributed by atoms with Gasteiger partial charge in [0.25, 0.3) is 0 Å². The molecule has 1 amide bonds. The van der Waals surface area contributed by atoms with Gasteiger partial charge >= 0.3 is 5.76 Å². The highest BCUT2D eigenvalue weighted by Crippen LogP contribution is 2.19. The van der Waals surface area contributed by atoms with Crippen molar-refractivity contribution in [3.8, 4) is 0 Å². The number of aromatic nitrogens is 1. The van der Waals surface area contributed by atoms with Crippen LogP contribution in [0.4, 0.5) is 4.39 Å². The van der Waals surface area contributed by atoms with Gasteiger partial charge in [-0.15, -0.1) is 0 Å². The topological polar surface area (TPSA) is 67.5 Å². The third kappa shape index (κ3) is 4.74. The van der Waals surface area contributed by atoms with Gasteiger partial charge in [0.2, 0.25) is 5.91 Å². The summed E-state index contributed by atoms with van der Waals surface area (Å²) >= 11 is 0. The van der Waals surface area contributed by atoms with Gasteiger partial charge in [-0.25, -0.2) is 9.18 Å². The smallest absolute Gasteiger partial charge is 0.408 e. The first-order valence-electron chi connectivity index (χ1n) is 9.90. The number of rotatable bonds is 6. The zero-order valence-electron chi connectivity index (χ0n) is 16.1. The van der Waals surface area contributed by atoms with Gasteiger partial charge < -0.3 is 9.73 Å². The summed E-state index contributed by atoms with van der Waals surface area (Å²) in [5.74, 6) is -0.516. The Morgan fingerprint density at radius 2 is 1.93 bits per heavy atom. The van der Waals surface area contributed by atoms with Crippen molar-refractivity contribution >= 4 is 17.0 Å². The average molecular weight is 397 g/mol. The van der Waals surface area contributed by atoms with E-state index in [0.717, 1.165) is 38.0 Å². The van der Waals surface area contributed by atoms with Crippen LogP contribution in [0.2, 0.25) is 0 Å². The predicted octanol–water partition coefficient (Wildman–Crippen LogP) is 2.76. The van der Waals surface area contributed by atoms with Gasteiger partial charge in [0.1, 0.15) is 12.4 Å². The van der Waals surface area contributed by atoms with E-state index in [1.807, 2.05) is 12.1 Å². The average Bonchev–Trinajstić information content (AvgIpc) is 3.03. The Morgan fingerprint density at radius 3 is 2.72 bits per heavy atom. The largest absolute Gasteiger partial charge is 0.420 e. The van der Waals surface area contributed by atoms with Crippen molar-refractivity contribution in [1.82, 2.24) is 14.8 Å². The molecule has 1 aromatic heterocycles. The molecule has 152 valence electrons. The molecule has 0 atom stereocenters. The first kappa shape index (κ1) is 19.4. The van der Waals surface area contributed by atoms with Gasteiger partial charge in [0.05, 0.1) is 5.52 Å². The maximum Gasteiger partial charge on any atom is 0.420 e. The molecule has 6 nitrogen and oxygen atoms in total. The van der Waals surface area contributed by atoms with Crippen LogP contribution in [0.5, 0.6) is 0 Å². The fraction of sp³-hybridized carbons (Fsp3) is 0.364. The third-order valence-corrected chi connectivity index (χ3v) is 5.47. The number of hydrogen-bond donors (Lipinski definition) is 1. The Bertz CT molecular complexity index is 1050. The van der Waals surface area contributed by atoms with Crippen molar-refractivity contribution in [2.45, 2.75) is 25.9 Å². The molecule has 1 N–H and O–H groups in total. The fourth-order valence-corrected chi connectivity index (χ4v) is 3.86. The number of piperidine rings is 1. The van der Waals surface area contributed by atoms with Crippen molar-refractivity contribution in [3.05, 3.63) is 70.5 Å². The summed E-state index contributed by atoms with van der Waals surface area (Å²) in [7, 11) is 0. The Labute approximate surface area is 167 Å². The van der Waals surface area contributed by atoms with Crippen molar-refractivity contribution in [2.24, 2.45) is 5.92 Å². The van der Waals surface area contributed by atoms with Crippen LogP contribution in [0.15, 0.2) is 57.7 Å². The SMILES string of the molecule is O=C(Cn1c(=O)oc2ccccc21)NCC1CCN(Cc2cccc(F)c2)CC1. The normalized spacial score (nSPS) is 15.6. The number of hydrogen-bond acceptors (Lipinski definition) is 4. The minimum atomic E-state index is -0.521. The molecule has 3 aromatic rings. The summed E-state index contributed by atoms with van der Waals surface area (Å²) in [5.41, 5.74) is 2.09. The van der Waals surface area contributed by atoms with Crippen LogP contribution in [0.25, 0.3) is 11.1 Å². The second kappa shape index (κ2) is 8.61. The number of nitrogens with one attached hydrogen (secondary N) is 1. The predicted molar refractivity (Wildman–Crippen MR) is 108 cm³/mol. The maximum absolute atomic E-state index is 13.3. The van der Waals surface area contributed by atoms with Crippen LogP contribution in [-0.4, -0.2) is 35.0 Å². The van der Waals surface area contributed by atoms with Crippen molar-refractivity contribution in [1.29, 1.82) is 0 Å². The maximum atomic E-state index is 13.3. The monoisotopic (exact) mass is 397 g/mol. The van der Waals surface area contributed by atoms with E-state index in [2.05, 4.69) is 10.2 Å². The van der Waals surface area contributed by atoms with Gasteiger partial charge in [-0.05, 0) is 61.7 Å². The molecule has 2 aromatic carbocycles. The number of carbonyl (C=O) groups is 1. The molecule has 2 heterocycles. The minimum absolute atomic E-state index is 0.0474. The summed E-state index contributed by atoms with van der Waals surface area (Å²) in [6.45, 7) is 3.13. The lowest BCUT2D eigenvalue weighted by atomic mass is 9.96. The van der Waals surface area contributed by atoms with Gasteiger partial charge in [0, 0.05) is 13.1 Å². The van der Waals surface area contributed by atoms with E-state index in [4.69, 9.17) is 4.42 Å². The summed E-state index contributed by atoms with van der Waals surface area (Å²) in [4.78, 5) is 26.6. The zero-order valence-corrected chi connectivity index (χ0v) is 16.1. The van der Waals surface area contributed by atoms with E-state index in [1.54, 1.807) is 30.3 Å². The summed E-state index contributed by atoms with van der Waals surface area (Å²) in [5, 5.41) is 2.95. The summed E-state index contributed by atoms with van der Waals surface area (Å²) in [6.07, 6.45) is 1.95. The first-order chi connectivity index (χ1) is 14.1. The number of oxazole rings is 1. The van der Waals surface area contributed by atoms with Gasteiger partial charge in [-0.1, -0.05) is 24.3 Å². The van der Waals surface area contributed by atoms with E-state index in [-0.39, 0.29) is 18.3 Å². The van der Waals surface area contributed by atoms with E-state index < -0.39 is 5.76 Å². The zero-order chi connectivity index (χ0) is 20.2. The Kier molecular flexibility index (Phi) is 5.76. The molecule has 1 fully saturated rings. The number of nitrogens with zero attached hydrogens (tertiary/aromatic N) is 2. The van der Waals surface area contributed by atoms with Crippen LogP contribution >= 0.6 is 0 Å². The van der Waals surface area contributed by atoms with Gasteiger partial charge in [-0.2, -0.15) is 0 Å². The second-order valence-electron chi connectivity index (χ2n) is 7.58. The van der Waals surface area contributed by atoms with E-state index in [1.165, 1.54) is 10.6 Å². The molecule has 0 spiro atoms. The molecule has 1 saturated heterocycles. The molecule has 29 heavy (non-hydrogen) atoms. The minimum Gasteiger partial charge on any atom is -0.408 e. The quantitative estimate of drug-likeness (QED) is 0.695. The molecular formula is C22H24FN3O3. The standard InChI is InChI=1S/C22H24FN3O3/c23-18-5-3-4-17(12-18)14-25-10-8-16(9-11-25)13-24-21(27)15-26-19-6-1-2-7-20(19)29-22(26)28/h1-7,12,16H,8-11,13-15H2,(H,24,27). The number of para-hydroxylation sites is 2. The number of amides is 1. The van der Waals surface area contributed by atoms with Crippen LogP contribution in [0, 0.1) is 11.7 Å². The van der Waals surface area contributed by atoms with Gasteiger partial charge in [0.15, 0.2) is 5.58 Å². The van der Waals surface area contributed by atoms with E-state index in [0.29, 0.717) is 23.6 Å². The molecule has 0 saturated carbocycles. The van der Waals surface area contributed by atoms with Crippen molar-refractivity contribution in [3.63, 3.8) is 0 Å². The molecule has 1 aliphatic rings. The number of halogens is 1. The molecule has 7 heteroatoms. The Balaban J connectivity index is 1.24. The van der Waals surface area contributed by atoms with Crippen LogP contribution < -0.4 is 11.1 Å². The number of fused-ring (bicyclic) bond motifs is 1. The highest BCUT2D eigenvalue weighted by atomic mass is 19.1. The highest BCUT2D eigenvalue weighted by Gasteiger charge is 2.20. The lowest BCUT2D eigenvalue weighted by molar-refractivity contribution is -0.121.